The van der Waals surface area contributed by atoms with Crippen molar-refractivity contribution in [2.75, 3.05) is 19.6 Å². The standard InChI is InChI=1S/C19H27N3O2/c1-13(2)18(22-10-6-9-17(22)23)19(24)21-11-15(16(20)12-21)14-7-4-3-5-8-14/h3-5,7-8,13,15-16,18H,6,9-12,20H2,1-2H3/t15-,16+,18?/m0/s1. The molecule has 0 bridgehead atoms. The number of nitrogens with two attached hydrogens (primary N) is 1. The van der Waals surface area contributed by atoms with Crippen LogP contribution in [0, 0.1) is 5.92 Å². The molecule has 2 aliphatic heterocycles. The molecule has 1 unspecified atom stereocenters. The molecule has 5 nitrogen and oxygen atoms in total. The Labute approximate surface area is 143 Å². The Morgan fingerprint density at radius 1 is 1.21 bits per heavy atom. The number of nitrogens with zero attached hydrogens (tertiary/aromatic N) is 2. The molecule has 2 fully saturated rings. The van der Waals surface area contributed by atoms with Gasteiger partial charge in [0.15, 0.2) is 0 Å². The molecule has 3 atom stereocenters. The van der Waals surface area contributed by atoms with Crippen LogP contribution >= 0.6 is 0 Å². The van der Waals surface area contributed by atoms with Crippen LogP contribution in [0.2, 0.25) is 0 Å². The van der Waals surface area contributed by atoms with E-state index in [0.717, 1.165) is 6.42 Å². The lowest BCUT2D eigenvalue weighted by atomic mass is 9.95. The highest BCUT2D eigenvalue weighted by Crippen LogP contribution is 2.29. The molecule has 3 rings (SSSR count). The lowest BCUT2D eigenvalue weighted by molar-refractivity contribution is -0.144. The van der Waals surface area contributed by atoms with Crippen LogP contribution in [0.5, 0.6) is 0 Å². The van der Waals surface area contributed by atoms with Crippen LogP contribution in [0.25, 0.3) is 0 Å². The number of carbonyl (C=O) groups is 2. The Balaban J connectivity index is 1.75. The van der Waals surface area contributed by atoms with Gasteiger partial charge in [0, 0.05) is 38.0 Å². The second-order valence-electron chi connectivity index (χ2n) is 7.30. The third kappa shape index (κ3) is 3.18. The van der Waals surface area contributed by atoms with Crippen LogP contribution in [0.4, 0.5) is 0 Å². The van der Waals surface area contributed by atoms with Crippen molar-refractivity contribution < 1.29 is 9.59 Å². The van der Waals surface area contributed by atoms with Gasteiger partial charge < -0.3 is 15.5 Å². The number of benzene rings is 1. The Hall–Kier alpha value is -1.88. The lowest BCUT2D eigenvalue weighted by Gasteiger charge is -2.33. The molecule has 2 heterocycles. The van der Waals surface area contributed by atoms with Gasteiger partial charge in [-0.1, -0.05) is 44.2 Å². The highest BCUT2D eigenvalue weighted by atomic mass is 16.2. The predicted molar refractivity (Wildman–Crippen MR) is 93.3 cm³/mol. The summed E-state index contributed by atoms with van der Waals surface area (Å²) >= 11 is 0. The lowest BCUT2D eigenvalue weighted by Crippen LogP contribution is -2.51. The van der Waals surface area contributed by atoms with Crippen molar-refractivity contribution in [1.29, 1.82) is 0 Å². The molecule has 2 amide bonds. The van der Waals surface area contributed by atoms with Gasteiger partial charge in [-0.05, 0) is 17.9 Å². The van der Waals surface area contributed by atoms with E-state index in [4.69, 9.17) is 5.73 Å². The smallest absolute Gasteiger partial charge is 0.245 e. The van der Waals surface area contributed by atoms with Crippen LogP contribution in [-0.4, -0.2) is 53.3 Å². The number of carbonyl (C=O) groups excluding carboxylic acids is 2. The molecule has 0 aromatic heterocycles. The fraction of sp³-hybridized carbons (Fsp3) is 0.579. The van der Waals surface area contributed by atoms with Gasteiger partial charge in [0.05, 0.1) is 0 Å². The Bertz CT molecular complexity index is 602. The molecular weight excluding hydrogens is 302 g/mol. The third-order valence-electron chi connectivity index (χ3n) is 5.23. The molecule has 2 saturated heterocycles. The molecule has 24 heavy (non-hydrogen) atoms. The molecule has 0 saturated carbocycles. The molecule has 5 heteroatoms. The molecule has 0 radical (unpaired) electrons. The molecular formula is C19H27N3O2. The third-order valence-corrected chi connectivity index (χ3v) is 5.23. The summed E-state index contributed by atoms with van der Waals surface area (Å²) in [6, 6.07) is 9.73. The van der Waals surface area contributed by atoms with Crippen LogP contribution in [0.1, 0.15) is 38.2 Å². The van der Waals surface area contributed by atoms with Gasteiger partial charge in [0.25, 0.3) is 0 Å². The maximum absolute atomic E-state index is 13.1. The SMILES string of the molecule is CC(C)C(C(=O)N1C[C@@H](N)[C@H](c2ccccc2)C1)N1CCCC1=O. The summed E-state index contributed by atoms with van der Waals surface area (Å²) < 4.78 is 0. The number of hydrogen-bond acceptors (Lipinski definition) is 3. The first-order chi connectivity index (χ1) is 11.5. The minimum absolute atomic E-state index is 0.0501. The molecule has 0 aliphatic carbocycles. The number of likely N-dealkylation sites (tertiary alicyclic amines) is 2. The summed E-state index contributed by atoms with van der Waals surface area (Å²) in [7, 11) is 0. The van der Waals surface area contributed by atoms with Crippen molar-refractivity contribution in [2.24, 2.45) is 11.7 Å². The largest absolute Gasteiger partial charge is 0.339 e. The van der Waals surface area contributed by atoms with Crippen molar-refractivity contribution in [2.45, 2.75) is 44.7 Å². The Morgan fingerprint density at radius 3 is 2.50 bits per heavy atom. The zero-order valence-electron chi connectivity index (χ0n) is 14.5. The van der Waals surface area contributed by atoms with E-state index < -0.39 is 0 Å². The van der Waals surface area contributed by atoms with E-state index in [2.05, 4.69) is 12.1 Å². The number of amides is 2. The van der Waals surface area contributed by atoms with Gasteiger partial charge in [-0.3, -0.25) is 9.59 Å². The minimum atomic E-state index is -0.360. The average molecular weight is 329 g/mol. The van der Waals surface area contributed by atoms with Gasteiger partial charge in [-0.25, -0.2) is 0 Å². The van der Waals surface area contributed by atoms with E-state index in [-0.39, 0.29) is 35.7 Å². The zero-order chi connectivity index (χ0) is 17.3. The van der Waals surface area contributed by atoms with Crippen molar-refractivity contribution in [3.63, 3.8) is 0 Å². The molecule has 2 aliphatic rings. The summed E-state index contributed by atoms with van der Waals surface area (Å²) in [5, 5.41) is 0. The minimum Gasteiger partial charge on any atom is -0.339 e. The maximum atomic E-state index is 13.1. The van der Waals surface area contributed by atoms with Gasteiger partial charge in [-0.15, -0.1) is 0 Å². The summed E-state index contributed by atoms with van der Waals surface area (Å²) in [5.74, 6) is 0.420. The number of hydrogen-bond donors (Lipinski definition) is 1. The Morgan fingerprint density at radius 2 is 1.92 bits per heavy atom. The fourth-order valence-corrected chi connectivity index (χ4v) is 3.99. The van der Waals surface area contributed by atoms with Gasteiger partial charge in [0.2, 0.25) is 11.8 Å². The highest BCUT2D eigenvalue weighted by Gasteiger charge is 2.41. The summed E-state index contributed by atoms with van der Waals surface area (Å²) in [6.45, 7) is 5.91. The quantitative estimate of drug-likeness (QED) is 0.912. The zero-order valence-corrected chi connectivity index (χ0v) is 14.5. The van der Waals surface area contributed by atoms with Crippen LogP contribution < -0.4 is 5.73 Å². The van der Waals surface area contributed by atoms with Crippen molar-refractivity contribution >= 4 is 11.8 Å². The van der Waals surface area contributed by atoms with Crippen molar-refractivity contribution in [3.8, 4) is 0 Å². The van der Waals surface area contributed by atoms with E-state index in [1.807, 2.05) is 36.9 Å². The van der Waals surface area contributed by atoms with Crippen molar-refractivity contribution in [1.82, 2.24) is 9.80 Å². The van der Waals surface area contributed by atoms with Crippen molar-refractivity contribution in [3.05, 3.63) is 35.9 Å². The number of rotatable bonds is 4. The first kappa shape index (κ1) is 17.0. The molecule has 0 spiro atoms. The molecule has 1 aromatic rings. The first-order valence-electron chi connectivity index (χ1n) is 8.88. The predicted octanol–water partition coefficient (Wildman–Crippen LogP) is 1.59. The van der Waals surface area contributed by atoms with Crippen LogP contribution in [0.15, 0.2) is 30.3 Å². The Kier molecular flexibility index (Phi) is 4.90. The maximum Gasteiger partial charge on any atom is 0.245 e. The normalized spacial score (nSPS) is 25.6. The first-order valence-corrected chi connectivity index (χ1v) is 8.88. The van der Waals surface area contributed by atoms with Crippen LogP contribution in [-0.2, 0) is 9.59 Å². The summed E-state index contributed by atoms with van der Waals surface area (Å²) in [5.41, 5.74) is 7.50. The van der Waals surface area contributed by atoms with E-state index in [9.17, 15) is 9.59 Å². The fourth-order valence-electron chi connectivity index (χ4n) is 3.99. The van der Waals surface area contributed by atoms with Crippen LogP contribution in [0.3, 0.4) is 0 Å². The second-order valence-corrected chi connectivity index (χ2v) is 7.30. The van der Waals surface area contributed by atoms with Gasteiger partial charge >= 0.3 is 0 Å². The summed E-state index contributed by atoms with van der Waals surface area (Å²) in [4.78, 5) is 28.9. The van der Waals surface area contributed by atoms with Gasteiger partial charge in [-0.2, -0.15) is 0 Å². The van der Waals surface area contributed by atoms with Gasteiger partial charge in [0.1, 0.15) is 6.04 Å². The monoisotopic (exact) mass is 329 g/mol. The van der Waals surface area contributed by atoms with E-state index >= 15 is 0 Å². The van der Waals surface area contributed by atoms with E-state index in [1.54, 1.807) is 4.90 Å². The second kappa shape index (κ2) is 6.93. The molecule has 2 N–H and O–H groups in total. The molecule has 1 aromatic carbocycles. The summed E-state index contributed by atoms with van der Waals surface area (Å²) in [6.07, 6.45) is 1.41. The average Bonchev–Trinajstić information content (AvgIpc) is 3.14. The topological polar surface area (TPSA) is 66.6 Å². The highest BCUT2D eigenvalue weighted by molar-refractivity contribution is 5.89. The molecule has 130 valence electrons. The van der Waals surface area contributed by atoms with E-state index in [0.29, 0.717) is 26.1 Å². The van der Waals surface area contributed by atoms with E-state index in [1.165, 1.54) is 5.56 Å².